The van der Waals surface area contributed by atoms with Crippen LogP contribution in [0.3, 0.4) is 0 Å². The van der Waals surface area contributed by atoms with Crippen LogP contribution in [0.15, 0.2) is 18.2 Å². The molecule has 2 aromatic rings. The largest absolute Gasteiger partial charge is 0.393 e. The first-order chi connectivity index (χ1) is 14.4. The molecule has 166 valence electrons. The lowest BCUT2D eigenvalue weighted by Gasteiger charge is -2.50. The molecule has 8 heteroatoms. The average molecular weight is 429 g/mol. The van der Waals surface area contributed by atoms with Gasteiger partial charge in [0, 0.05) is 18.4 Å². The highest BCUT2D eigenvalue weighted by Gasteiger charge is 2.49. The number of Topliss-reactive ketones (excluding diaryl/α,β-unsaturated/α-hetero) is 1. The first-order valence-corrected chi connectivity index (χ1v) is 10.2. The van der Waals surface area contributed by atoms with Crippen LogP contribution in [-0.4, -0.2) is 38.9 Å². The number of halogens is 1. The monoisotopic (exact) mass is 429 g/mol. The third-order valence-electron chi connectivity index (χ3n) is 6.24. The van der Waals surface area contributed by atoms with Crippen molar-refractivity contribution in [3.63, 3.8) is 0 Å². The summed E-state index contributed by atoms with van der Waals surface area (Å²) in [6.07, 6.45) is 0.465. The summed E-state index contributed by atoms with van der Waals surface area (Å²) >= 11 is 0. The molecule has 0 saturated heterocycles. The highest BCUT2D eigenvalue weighted by Crippen LogP contribution is 2.41. The van der Waals surface area contributed by atoms with E-state index < -0.39 is 35.1 Å². The lowest BCUT2D eigenvalue weighted by Crippen LogP contribution is -2.61. The van der Waals surface area contributed by atoms with Crippen LogP contribution < -0.4 is 10.6 Å². The lowest BCUT2D eigenvalue weighted by molar-refractivity contribution is -0.117. The molecule has 1 heterocycles. The highest BCUT2D eigenvalue weighted by molar-refractivity contribution is 6.47. The summed E-state index contributed by atoms with van der Waals surface area (Å²) in [6, 6.07) is 4.22. The van der Waals surface area contributed by atoms with Crippen LogP contribution >= 0.6 is 0 Å². The second-order valence-electron chi connectivity index (χ2n) is 8.53. The van der Waals surface area contributed by atoms with Crippen molar-refractivity contribution in [2.24, 2.45) is 12.8 Å². The average Bonchev–Trinajstić information content (AvgIpc) is 2.92. The van der Waals surface area contributed by atoms with E-state index in [0.29, 0.717) is 41.8 Å². The molecule has 0 aliphatic heterocycles. The number of amides is 2. The molecule has 1 aliphatic rings. The Balaban J connectivity index is 2.12. The highest BCUT2D eigenvalue weighted by atomic mass is 19.1. The summed E-state index contributed by atoms with van der Waals surface area (Å²) in [5.41, 5.74) is 6.73. The van der Waals surface area contributed by atoms with Gasteiger partial charge in [-0.3, -0.25) is 19.3 Å². The topological polar surface area (TPSA) is 106 Å². The molecule has 0 spiro atoms. The van der Waals surface area contributed by atoms with Crippen molar-refractivity contribution in [3.05, 3.63) is 52.1 Å². The van der Waals surface area contributed by atoms with Crippen LogP contribution in [0.5, 0.6) is 0 Å². The van der Waals surface area contributed by atoms with Crippen molar-refractivity contribution < 1.29 is 23.9 Å². The van der Waals surface area contributed by atoms with Crippen LogP contribution in [-0.2, 0) is 18.3 Å². The molecule has 0 atom stereocenters. The maximum absolute atomic E-state index is 13.9. The van der Waals surface area contributed by atoms with Gasteiger partial charge in [-0.15, -0.1) is 0 Å². The summed E-state index contributed by atoms with van der Waals surface area (Å²) in [4.78, 5) is 40.3. The van der Waals surface area contributed by atoms with Gasteiger partial charge in [0.25, 0.3) is 11.7 Å². The first-order valence-electron chi connectivity index (χ1n) is 10.2. The molecule has 3 N–H and O–H groups in total. The number of primary amides is 1. The Kier molecular flexibility index (Phi) is 5.80. The number of ketones is 1. The quantitative estimate of drug-likeness (QED) is 0.544. The minimum absolute atomic E-state index is 0.1000. The fourth-order valence-electron chi connectivity index (χ4n) is 4.74. The van der Waals surface area contributed by atoms with Crippen LogP contribution in [0, 0.1) is 19.7 Å². The molecule has 1 aromatic heterocycles. The Morgan fingerprint density at radius 3 is 2.35 bits per heavy atom. The maximum atomic E-state index is 13.9. The Morgan fingerprint density at radius 1 is 1.29 bits per heavy atom. The number of nitrogens with two attached hydrogens (primary N) is 1. The molecular weight excluding hydrogens is 401 g/mol. The van der Waals surface area contributed by atoms with Gasteiger partial charge < -0.3 is 15.4 Å². The fraction of sp³-hybridized carbons (Fsp3) is 0.435. The summed E-state index contributed by atoms with van der Waals surface area (Å²) in [6.45, 7) is 6.80. The number of nitrogens with zero attached hydrogens (tertiary/aromatic N) is 2. The van der Waals surface area contributed by atoms with E-state index in [-0.39, 0.29) is 11.3 Å². The van der Waals surface area contributed by atoms with E-state index in [4.69, 9.17) is 5.73 Å². The van der Waals surface area contributed by atoms with Crippen LogP contribution in [0.2, 0.25) is 0 Å². The van der Waals surface area contributed by atoms with Crippen molar-refractivity contribution in [1.82, 2.24) is 4.57 Å². The summed E-state index contributed by atoms with van der Waals surface area (Å²) < 4.78 is 15.4. The summed E-state index contributed by atoms with van der Waals surface area (Å²) in [5.74, 6) is -2.66. The van der Waals surface area contributed by atoms with Crippen LogP contribution in [0.4, 0.5) is 10.1 Å². The van der Waals surface area contributed by atoms with Gasteiger partial charge in [-0.25, -0.2) is 4.39 Å². The van der Waals surface area contributed by atoms with Gasteiger partial charge in [-0.2, -0.15) is 0 Å². The smallest absolute Gasteiger partial charge is 0.301 e. The second kappa shape index (κ2) is 7.92. The lowest BCUT2D eigenvalue weighted by atomic mass is 9.74. The molecule has 0 radical (unpaired) electrons. The van der Waals surface area contributed by atoms with Gasteiger partial charge in [0.1, 0.15) is 5.82 Å². The van der Waals surface area contributed by atoms with E-state index in [0.717, 1.165) is 0 Å². The normalized spacial score (nSPS) is 20.3. The van der Waals surface area contributed by atoms with Gasteiger partial charge in [0.05, 0.1) is 22.9 Å². The maximum Gasteiger partial charge on any atom is 0.301 e. The number of hydrogen-bond acceptors (Lipinski definition) is 4. The number of aryl methyl sites for hydroxylation is 1. The SMILES string of the molecule is CCc1c(C(N)=O)c(C)c(C(=O)C(=O)N(c2ccc(F)c(C)c2)C2(C)CC(O)C2)n1C. The molecular formula is C23H28FN3O4. The number of anilines is 1. The zero-order valence-corrected chi connectivity index (χ0v) is 18.5. The van der Waals surface area contributed by atoms with Crippen LogP contribution in [0.25, 0.3) is 0 Å². The van der Waals surface area contributed by atoms with E-state index >= 15 is 0 Å². The number of benzene rings is 1. The van der Waals surface area contributed by atoms with Crippen molar-refractivity contribution >= 4 is 23.3 Å². The number of carbonyl (C=O) groups excluding carboxylic acids is 3. The standard InChI is InChI=1S/C23H28FN3O4/c1-6-17-18(21(25)30)13(3)19(26(17)5)20(29)22(31)27(23(4)10-15(28)11-23)14-7-8-16(24)12(2)9-14/h7-9,15,28H,6,10-11H2,1-5H3,(H2,25,30). The molecule has 1 aliphatic carbocycles. The third kappa shape index (κ3) is 3.65. The summed E-state index contributed by atoms with van der Waals surface area (Å²) in [5, 5.41) is 9.90. The van der Waals surface area contributed by atoms with Gasteiger partial charge in [0.15, 0.2) is 0 Å². The van der Waals surface area contributed by atoms with Gasteiger partial charge >= 0.3 is 5.91 Å². The fourth-order valence-corrected chi connectivity index (χ4v) is 4.74. The molecule has 7 nitrogen and oxygen atoms in total. The number of rotatable bonds is 6. The Bertz CT molecular complexity index is 1080. The number of hydrogen-bond donors (Lipinski definition) is 2. The number of aliphatic hydroxyl groups excluding tert-OH is 1. The predicted octanol–water partition coefficient (Wildman–Crippen LogP) is 2.57. The van der Waals surface area contributed by atoms with Crippen molar-refractivity contribution in [3.8, 4) is 0 Å². The zero-order chi connectivity index (χ0) is 23.2. The van der Waals surface area contributed by atoms with E-state index in [2.05, 4.69) is 0 Å². The number of aliphatic hydroxyl groups is 1. The molecule has 3 rings (SSSR count). The first kappa shape index (κ1) is 22.7. The van der Waals surface area contributed by atoms with E-state index in [1.165, 1.54) is 23.1 Å². The van der Waals surface area contributed by atoms with E-state index in [1.54, 1.807) is 32.4 Å². The predicted molar refractivity (Wildman–Crippen MR) is 115 cm³/mol. The summed E-state index contributed by atoms with van der Waals surface area (Å²) in [7, 11) is 1.62. The Hall–Kier alpha value is -3.00. The van der Waals surface area contributed by atoms with E-state index in [9.17, 15) is 23.9 Å². The minimum Gasteiger partial charge on any atom is -0.393 e. The second-order valence-corrected chi connectivity index (χ2v) is 8.53. The van der Waals surface area contributed by atoms with Crippen molar-refractivity contribution in [2.75, 3.05) is 4.90 Å². The third-order valence-corrected chi connectivity index (χ3v) is 6.24. The van der Waals surface area contributed by atoms with Gasteiger partial charge in [-0.1, -0.05) is 6.92 Å². The molecule has 1 saturated carbocycles. The van der Waals surface area contributed by atoms with Gasteiger partial charge in [-0.05, 0) is 69.4 Å². The van der Waals surface area contributed by atoms with Crippen LogP contribution in [0.1, 0.15) is 64.4 Å². The number of aromatic nitrogens is 1. The molecule has 1 fully saturated rings. The Morgan fingerprint density at radius 2 is 1.90 bits per heavy atom. The number of carbonyl (C=O) groups is 3. The zero-order valence-electron chi connectivity index (χ0n) is 18.5. The molecule has 0 unspecified atom stereocenters. The molecule has 2 amide bonds. The van der Waals surface area contributed by atoms with Crippen molar-refractivity contribution in [1.29, 1.82) is 0 Å². The van der Waals surface area contributed by atoms with Crippen molar-refractivity contribution in [2.45, 2.75) is 58.6 Å². The molecule has 31 heavy (non-hydrogen) atoms. The molecule has 1 aromatic carbocycles. The minimum atomic E-state index is -0.803. The van der Waals surface area contributed by atoms with Gasteiger partial charge in [0.2, 0.25) is 0 Å². The Labute approximate surface area is 180 Å². The van der Waals surface area contributed by atoms with E-state index in [1.807, 2.05) is 6.92 Å². The molecule has 0 bridgehead atoms.